The molecule has 53 heavy (non-hydrogen) atoms. The number of aliphatic hydroxyl groups excluding tert-OH is 1. The number of anilines is 1. The topological polar surface area (TPSA) is 177 Å². The van der Waals surface area contributed by atoms with E-state index in [0.717, 1.165) is 18.4 Å². The molecule has 2 fully saturated rings. The maximum absolute atomic E-state index is 14.5. The van der Waals surface area contributed by atoms with Crippen molar-refractivity contribution in [2.45, 2.75) is 89.3 Å². The lowest BCUT2D eigenvalue weighted by atomic mass is 9.81. The zero-order valence-electron chi connectivity index (χ0n) is 29.3. The molecule has 2 aliphatic rings. The Morgan fingerprint density at radius 1 is 0.887 bits per heavy atom. The Kier molecular flexibility index (Phi) is 13.2. The number of carboxylic acid groups (broad SMARTS) is 1. The highest BCUT2D eigenvalue weighted by Gasteiger charge is 2.49. The van der Waals surface area contributed by atoms with E-state index in [-0.39, 0.29) is 43.4 Å². The van der Waals surface area contributed by atoms with Gasteiger partial charge in [0.15, 0.2) is 6.29 Å². The molecule has 3 atom stereocenters. The molecule has 3 unspecified atom stereocenters. The third-order valence-corrected chi connectivity index (χ3v) is 10.6. The first-order valence-electron chi connectivity index (χ1n) is 17.7. The maximum atomic E-state index is 14.5. The van der Waals surface area contributed by atoms with Gasteiger partial charge >= 0.3 is 5.97 Å². The van der Waals surface area contributed by atoms with Crippen molar-refractivity contribution in [3.8, 4) is 0 Å². The number of nitrogens with one attached hydrogen (secondary N) is 2. The minimum Gasteiger partial charge on any atom is -0.480 e. The number of amides is 4. The molecular formula is C39H44Cl2N4O8. The van der Waals surface area contributed by atoms with Crippen LogP contribution in [0.3, 0.4) is 0 Å². The van der Waals surface area contributed by atoms with E-state index < -0.39 is 41.8 Å². The number of aliphatic hydroxyl groups is 2. The van der Waals surface area contributed by atoms with Crippen molar-refractivity contribution in [1.82, 2.24) is 15.5 Å². The van der Waals surface area contributed by atoms with Gasteiger partial charge in [-0.15, -0.1) is 0 Å². The van der Waals surface area contributed by atoms with E-state index in [9.17, 15) is 39.3 Å². The third kappa shape index (κ3) is 9.74. The molecule has 14 heteroatoms. The van der Waals surface area contributed by atoms with Crippen LogP contribution >= 0.6 is 23.2 Å². The Bertz CT molecular complexity index is 1780. The minimum atomic E-state index is -1.71. The van der Waals surface area contributed by atoms with Gasteiger partial charge in [0.05, 0.1) is 5.41 Å². The molecule has 282 valence electrons. The number of halogens is 2. The molecule has 1 aliphatic carbocycles. The predicted octanol–water partition coefficient (Wildman–Crippen LogP) is 4.77. The molecule has 5 N–H and O–H groups in total. The molecule has 3 aromatic carbocycles. The molecule has 5 rings (SSSR count). The van der Waals surface area contributed by atoms with Gasteiger partial charge in [-0.1, -0.05) is 72.4 Å². The highest BCUT2D eigenvalue weighted by molar-refractivity contribution is 6.30. The Hall–Kier alpha value is -4.49. The second-order valence-corrected chi connectivity index (χ2v) is 14.6. The molecule has 0 aromatic heterocycles. The number of carbonyl (C=O) groups is 5. The number of hydrogen-bond donors (Lipinski definition) is 5. The fourth-order valence-electron chi connectivity index (χ4n) is 7.29. The summed E-state index contributed by atoms with van der Waals surface area (Å²) in [5.41, 5.74) is 1.63. The van der Waals surface area contributed by atoms with Crippen molar-refractivity contribution in [1.29, 1.82) is 0 Å². The van der Waals surface area contributed by atoms with Crippen LogP contribution in [0.4, 0.5) is 5.69 Å². The maximum Gasteiger partial charge on any atom is 0.326 e. The summed E-state index contributed by atoms with van der Waals surface area (Å²) in [6.45, 7) is 1.73. The quantitative estimate of drug-likeness (QED) is 0.138. The standard InChI is InChI=1S/C39H44Cl2N4O8/c1-24(46)42-21-20-39(18-2-3-19-39)38(53)43-31(37(51)52)22-25-6-14-30(15-7-25)44-35(27-8-12-29(41)13-9-27)45(33(47)16-17-34(48)49)32(36(44)50)23-26-4-10-28(40)11-5-26/h4-15,31-32,34-35,48-49H,2-3,16-23H2,1H3,(H,42,46)(H,43,53)(H,51,52). The molecule has 1 saturated heterocycles. The van der Waals surface area contributed by atoms with Gasteiger partial charge in [-0.25, -0.2) is 4.79 Å². The SMILES string of the molecule is CC(=O)NCCC1(C(=O)NC(Cc2ccc(N3C(=O)C(Cc4ccc(Cl)cc4)N(C(=O)CCC(O)O)C3c3ccc(Cl)cc3)cc2)C(=O)O)CCCC1. The van der Waals surface area contributed by atoms with Crippen molar-refractivity contribution in [3.05, 3.63) is 99.5 Å². The normalized spacial score (nSPS) is 18.6. The summed E-state index contributed by atoms with van der Waals surface area (Å²) in [5.74, 6) is -2.56. The van der Waals surface area contributed by atoms with Gasteiger partial charge in [0.2, 0.25) is 17.7 Å². The van der Waals surface area contributed by atoms with Crippen molar-refractivity contribution in [2.24, 2.45) is 5.41 Å². The average molecular weight is 768 g/mol. The number of benzene rings is 3. The van der Waals surface area contributed by atoms with Crippen LogP contribution in [0.25, 0.3) is 0 Å². The van der Waals surface area contributed by atoms with E-state index in [1.165, 1.54) is 16.7 Å². The first kappa shape index (κ1) is 39.7. The monoisotopic (exact) mass is 766 g/mol. The summed E-state index contributed by atoms with van der Waals surface area (Å²) in [5, 5.41) is 35.7. The van der Waals surface area contributed by atoms with Gasteiger partial charge in [-0.3, -0.25) is 24.1 Å². The Labute approximate surface area is 318 Å². The van der Waals surface area contributed by atoms with Crippen LogP contribution in [-0.4, -0.2) is 74.7 Å². The van der Waals surface area contributed by atoms with Crippen LogP contribution < -0.4 is 15.5 Å². The summed E-state index contributed by atoms with van der Waals surface area (Å²) >= 11 is 12.3. The van der Waals surface area contributed by atoms with Gasteiger partial charge in [0, 0.05) is 54.9 Å². The molecule has 0 spiro atoms. The lowest BCUT2D eigenvalue weighted by Crippen LogP contribution is -2.49. The number of hydrogen-bond acceptors (Lipinski definition) is 7. The highest BCUT2D eigenvalue weighted by atomic mass is 35.5. The van der Waals surface area contributed by atoms with Crippen molar-refractivity contribution in [3.63, 3.8) is 0 Å². The summed E-state index contributed by atoms with van der Waals surface area (Å²) in [7, 11) is 0. The zero-order chi connectivity index (χ0) is 38.3. The van der Waals surface area contributed by atoms with Crippen LogP contribution in [0.1, 0.15) is 74.7 Å². The van der Waals surface area contributed by atoms with E-state index >= 15 is 0 Å². The largest absolute Gasteiger partial charge is 0.480 e. The first-order chi connectivity index (χ1) is 25.3. The van der Waals surface area contributed by atoms with Crippen LogP contribution in [-0.2, 0) is 36.8 Å². The average Bonchev–Trinajstić information content (AvgIpc) is 3.71. The highest BCUT2D eigenvalue weighted by Crippen LogP contribution is 2.42. The summed E-state index contributed by atoms with van der Waals surface area (Å²) < 4.78 is 0. The number of rotatable bonds is 15. The second-order valence-electron chi connectivity index (χ2n) is 13.8. The summed E-state index contributed by atoms with van der Waals surface area (Å²) in [6, 6.07) is 18.3. The van der Waals surface area contributed by atoms with Gasteiger partial charge in [0.1, 0.15) is 18.2 Å². The predicted molar refractivity (Wildman–Crippen MR) is 199 cm³/mol. The van der Waals surface area contributed by atoms with E-state index in [1.807, 2.05) is 0 Å². The first-order valence-corrected chi connectivity index (χ1v) is 18.4. The fraction of sp³-hybridized carbons (Fsp3) is 0.410. The van der Waals surface area contributed by atoms with Gasteiger partial charge in [-0.05, 0) is 72.4 Å². The Morgan fingerprint density at radius 2 is 1.47 bits per heavy atom. The molecule has 0 bridgehead atoms. The second kappa shape index (κ2) is 17.6. The van der Waals surface area contributed by atoms with E-state index in [2.05, 4.69) is 10.6 Å². The number of carboxylic acids is 1. The van der Waals surface area contributed by atoms with Crippen molar-refractivity contribution >= 4 is 58.5 Å². The van der Waals surface area contributed by atoms with Gasteiger partial charge in [-0.2, -0.15) is 0 Å². The number of aliphatic carboxylic acids is 1. The van der Waals surface area contributed by atoms with Crippen LogP contribution in [0.2, 0.25) is 10.0 Å². The molecule has 1 aliphatic heterocycles. The lowest BCUT2D eigenvalue weighted by Gasteiger charge is -2.32. The summed E-state index contributed by atoms with van der Waals surface area (Å²) in [4.78, 5) is 68.7. The molecule has 4 amide bonds. The van der Waals surface area contributed by atoms with Crippen LogP contribution in [0, 0.1) is 5.41 Å². The third-order valence-electron chi connectivity index (χ3n) is 10.1. The number of carbonyl (C=O) groups excluding carboxylic acids is 4. The summed E-state index contributed by atoms with van der Waals surface area (Å²) in [6.07, 6.45) is 0.365. The molecule has 1 saturated carbocycles. The van der Waals surface area contributed by atoms with Crippen molar-refractivity contribution < 1.29 is 39.3 Å². The molecule has 3 aromatic rings. The fourth-order valence-corrected chi connectivity index (χ4v) is 7.54. The van der Waals surface area contributed by atoms with E-state index in [0.29, 0.717) is 52.7 Å². The molecule has 1 heterocycles. The van der Waals surface area contributed by atoms with E-state index in [4.69, 9.17) is 23.2 Å². The van der Waals surface area contributed by atoms with Crippen LogP contribution in [0.15, 0.2) is 72.8 Å². The smallest absolute Gasteiger partial charge is 0.326 e. The van der Waals surface area contributed by atoms with Gasteiger partial charge < -0.3 is 30.9 Å². The Balaban J connectivity index is 1.43. The molecule has 12 nitrogen and oxygen atoms in total. The minimum absolute atomic E-state index is 0.0228. The molecule has 0 radical (unpaired) electrons. The lowest BCUT2D eigenvalue weighted by molar-refractivity contribution is -0.144. The zero-order valence-corrected chi connectivity index (χ0v) is 30.9. The Morgan fingerprint density at radius 3 is 2.04 bits per heavy atom. The van der Waals surface area contributed by atoms with Crippen molar-refractivity contribution in [2.75, 3.05) is 11.4 Å². The van der Waals surface area contributed by atoms with E-state index in [1.54, 1.807) is 72.8 Å². The number of nitrogens with zero attached hydrogens (tertiary/aromatic N) is 2. The molecular weight excluding hydrogens is 723 g/mol. The van der Waals surface area contributed by atoms with Crippen LogP contribution in [0.5, 0.6) is 0 Å². The van der Waals surface area contributed by atoms with Gasteiger partial charge in [0.25, 0.3) is 5.91 Å².